The van der Waals surface area contributed by atoms with Gasteiger partial charge in [-0.3, -0.25) is 19.3 Å². The first kappa shape index (κ1) is 23.5. The number of aliphatic carboxylic acids is 1. The standard InChI is InChI=1S/C17H16N8O7S2/c1-24-16(20-22-23-24)34-6-7-5-33-15-17(31-2,14(30)25(15)11(7)13(28)29)19-10(26)3-9-8(4-18)12(27)21-32-9/h15H,3,5-6H2,1-2H3,(H,19,26)(H,21,27)(H,28,29)/t15-,17-/m0/s1. The molecule has 15 nitrogen and oxygen atoms in total. The first-order valence-electron chi connectivity index (χ1n) is 9.45. The van der Waals surface area contributed by atoms with Crippen LogP contribution >= 0.6 is 23.5 Å². The Balaban J connectivity index is 1.54. The van der Waals surface area contributed by atoms with Gasteiger partial charge in [-0.2, -0.15) is 10.4 Å². The summed E-state index contributed by atoms with van der Waals surface area (Å²) >= 11 is 2.44. The summed E-state index contributed by atoms with van der Waals surface area (Å²) in [4.78, 5) is 50.4. The van der Waals surface area contributed by atoms with E-state index in [4.69, 9.17) is 14.5 Å². The minimum absolute atomic E-state index is 0.193. The number of aryl methyl sites for hydroxylation is 1. The van der Waals surface area contributed by atoms with Crippen LogP contribution in [-0.2, 0) is 32.6 Å². The molecule has 0 saturated carbocycles. The van der Waals surface area contributed by atoms with E-state index in [-0.39, 0.29) is 28.5 Å². The highest BCUT2D eigenvalue weighted by atomic mass is 32.2. The number of nitrogens with zero attached hydrogens (tertiary/aromatic N) is 6. The normalized spacial score (nSPS) is 21.6. The highest BCUT2D eigenvalue weighted by Crippen LogP contribution is 2.47. The van der Waals surface area contributed by atoms with Crippen molar-refractivity contribution in [2.24, 2.45) is 7.05 Å². The number of carbonyl (C=O) groups excluding carboxylic acids is 2. The molecule has 0 bridgehead atoms. The molecule has 2 atom stereocenters. The Hall–Kier alpha value is -3.62. The molecule has 4 rings (SSSR count). The molecule has 2 aliphatic rings. The average molecular weight is 508 g/mol. The van der Waals surface area contributed by atoms with Crippen molar-refractivity contribution in [3.05, 3.63) is 32.9 Å². The zero-order valence-corrected chi connectivity index (χ0v) is 19.2. The second kappa shape index (κ2) is 8.96. The number of thioether (sulfide) groups is 2. The van der Waals surface area contributed by atoms with Gasteiger partial charge in [-0.1, -0.05) is 11.8 Å². The molecule has 17 heteroatoms. The molecule has 0 aliphatic carbocycles. The largest absolute Gasteiger partial charge is 0.477 e. The van der Waals surface area contributed by atoms with Crippen molar-refractivity contribution in [2.45, 2.75) is 22.7 Å². The van der Waals surface area contributed by atoms with Gasteiger partial charge in [-0.25, -0.2) is 9.48 Å². The van der Waals surface area contributed by atoms with Gasteiger partial charge in [0.15, 0.2) is 11.3 Å². The number of hydrogen-bond donors (Lipinski definition) is 3. The van der Waals surface area contributed by atoms with Gasteiger partial charge in [0.05, 0.1) is 6.42 Å². The first-order valence-corrected chi connectivity index (χ1v) is 11.5. The molecule has 0 radical (unpaired) electrons. The Bertz CT molecular complexity index is 1310. The van der Waals surface area contributed by atoms with Crippen LogP contribution in [0.3, 0.4) is 0 Å². The molecule has 2 aromatic heterocycles. The predicted molar refractivity (Wildman–Crippen MR) is 113 cm³/mol. The van der Waals surface area contributed by atoms with Gasteiger partial charge >= 0.3 is 5.97 Å². The smallest absolute Gasteiger partial charge is 0.352 e. The van der Waals surface area contributed by atoms with Crippen molar-refractivity contribution in [1.29, 1.82) is 5.26 Å². The summed E-state index contributed by atoms with van der Waals surface area (Å²) in [5, 5.41) is 34.0. The van der Waals surface area contributed by atoms with Crippen LogP contribution in [0, 0.1) is 11.3 Å². The number of carboxylic acid groups (broad SMARTS) is 1. The molecular weight excluding hydrogens is 492 g/mol. The number of ether oxygens (including phenoxy) is 1. The fourth-order valence-corrected chi connectivity index (χ4v) is 5.95. The molecule has 34 heavy (non-hydrogen) atoms. The SMILES string of the molecule is CO[C@@]1(NC(=O)Cc2o[nH]c(=O)c2C#N)C(=O)N2C(C(=O)O)=C(CSc3nnnn3C)CS[C@H]21. The molecular formula is C17H16N8O7S2. The Morgan fingerprint density at radius 2 is 2.26 bits per heavy atom. The molecule has 0 spiro atoms. The summed E-state index contributed by atoms with van der Waals surface area (Å²) in [7, 11) is 2.86. The Kier molecular flexibility index (Phi) is 6.20. The second-order valence-electron chi connectivity index (χ2n) is 7.08. The van der Waals surface area contributed by atoms with Crippen molar-refractivity contribution in [3.8, 4) is 6.07 Å². The van der Waals surface area contributed by atoms with Crippen LogP contribution < -0.4 is 10.9 Å². The average Bonchev–Trinajstić information content (AvgIpc) is 3.38. The summed E-state index contributed by atoms with van der Waals surface area (Å²) in [6.07, 6.45) is -0.507. The number of nitriles is 1. The van der Waals surface area contributed by atoms with E-state index in [0.29, 0.717) is 10.7 Å². The van der Waals surface area contributed by atoms with E-state index in [1.54, 1.807) is 13.1 Å². The summed E-state index contributed by atoms with van der Waals surface area (Å²) in [5.74, 6) is -2.53. The van der Waals surface area contributed by atoms with Crippen LogP contribution in [0.5, 0.6) is 0 Å². The zero-order chi connectivity index (χ0) is 24.6. The van der Waals surface area contributed by atoms with Crippen molar-refractivity contribution >= 4 is 41.3 Å². The Labute approximate surface area is 198 Å². The van der Waals surface area contributed by atoms with E-state index < -0.39 is 40.9 Å². The summed E-state index contributed by atoms with van der Waals surface area (Å²) in [5.41, 5.74) is -2.66. The number of tetrazole rings is 1. The summed E-state index contributed by atoms with van der Waals surface area (Å²) in [6.45, 7) is 0. The van der Waals surface area contributed by atoms with Crippen molar-refractivity contribution < 1.29 is 28.8 Å². The summed E-state index contributed by atoms with van der Waals surface area (Å²) < 4.78 is 11.7. The number of methoxy groups -OCH3 is 1. The third-order valence-electron chi connectivity index (χ3n) is 5.12. The Morgan fingerprint density at radius 1 is 1.50 bits per heavy atom. The second-order valence-corrected chi connectivity index (χ2v) is 9.09. The van der Waals surface area contributed by atoms with Crippen LogP contribution in [0.15, 0.2) is 25.7 Å². The van der Waals surface area contributed by atoms with Gasteiger partial charge < -0.3 is 19.7 Å². The number of H-pyrrole nitrogens is 1. The van der Waals surface area contributed by atoms with Crippen LogP contribution in [-0.4, -0.2) is 82.9 Å². The number of aromatic nitrogens is 5. The van der Waals surface area contributed by atoms with Gasteiger partial charge in [0.25, 0.3) is 17.2 Å². The molecule has 3 N–H and O–H groups in total. The maximum absolute atomic E-state index is 13.1. The van der Waals surface area contributed by atoms with Gasteiger partial charge in [-0.15, -0.1) is 16.9 Å². The maximum atomic E-state index is 13.1. The van der Waals surface area contributed by atoms with Gasteiger partial charge in [-0.05, 0) is 16.0 Å². The monoisotopic (exact) mass is 508 g/mol. The van der Waals surface area contributed by atoms with Crippen molar-refractivity contribution in [3.63, 3.8) is 0 Å². The van der Waals surface area contributed by atoms with Crippen molar-refractivity contribution in [2.75, 3.05) is 18.6 Å². The highest BCUT2D eigenvalue weighted by molar-refractivity contribution is 8.01. The summed E-state index contributed by atoms with van der Waals surface area (Å²) in [6, 6.07) is 1.64. The number of amides is 2. The van der Waals surface area contributed by atoms with E-state index in [2.05, 4.69) is 20.8 Å². The predicted octanol–water partition coefficient (Wildman–Crippen LogP) is -1.59. The molecule has 0 aromatic carbocycles. The lowest BCUT2D eigenvalue weighted by molar-refractivity contribution is -0.192. The van der Waals surface area contributed by atoms with Crippen LogP contribution in [0.25, 0.3) is 0 Å². The van der Waals surface area contributed by atoms with Crippen LogP contribution in [0.1, 0.15) is 11.3 Å². The number of rotatable bonds is 8. The van der Waals surface area contributed by atoms with E-state index >= 15 is 0 Å². The van der Waals surface area contributed by atoms with Gasteiger partial charge in [0.1, 0.15) is 17.1 Å². The molecule has 2 aliphatic heterocycles. The van der Waals surface area contributed by atoms with Crippen LogP contribution in [0.4, 0.5) is 0 Å². The molecule has 0 unspecified atom stereocenters. The molecule has 178 valence electrons. The molecule has 1 fully saturated rings. The number of aromatic amines is 1. The van der Waals surface area contributed by atoms with Gasteiger partial charge in [0.2, 0.25) is 11.1 Å². The lowest BCUT2D eigenvalue weighted by Crippen LogP contribution is -2.80. The van der Waals surface area contributed by atoms with E-state index in [1.807, 2.05) is 5.16 Å². The van der Waals surface area contributed by atoms with E-state index in [0.717, 1.165) is 4.90 Å². The lowest BCUT2D eigenvalue weighted by Gasteiger charge is -2.55. The quantitative estimate of drug-likeness (QED) is 0.209. The third kappa shape index (κ3) is 3.74. The topological polar surface area (TPSA) is 209 Å². The molecule has 4 heterocycles. The van der Waals surface area contributed by atoms with E-state index in [1.165, 1.54) is 35.3 Å². The van der Waals surface area contributed by atoms with E-state index in [9.17, 15) is 24.3 Å². The Morgan fingerprint density at radius 3 is 2.88 bits per heavy atom. The lowest BCUT2D eigenvalue weighted by atomic mass is 9.98. The third-order valence-corrected chi connectivity index (χ3v) is 7.59. The number of β-lactam (4-membered cyclic amide) rings is 1. The molecule has 2 aromatic rings. The number of carboxylic acids is 1. The highest BCUT2D eigenvalue weighted by Gasteiger charge is 2.66. The van der Waals surface area contributed by atoms with Crippen LogP contribution in [0.2, 0.25) is 0 Å². The first-order chi connectivity index (χ1) is 16.2. The fraction of sp³-hybridized carbons (Fsp3) is 0.412. The maximum Gasteiger partial charge on any atom is 0.352 e. The number of nitrogens with one attached hydrogen (secondary N) is 2. The van der Waals surface area contributed by atoms with Gasteiger partial charge in [0, 0.05) is 25.7 Å². The number of fused-ring (bicyclic) bond motifs is 1. The minimum atomic E-state index is -1.82. The minimum Gasteiger partial charge on any atom is -0.477 e. The molecule has 2 amide bonds. The molecule has 1 saturated heterocycles. The zero-order valence-electron chi connectivity index (χ0n) is 17.6. The number of hydrogen-bond acceptors (Lipinski definition) is 12. The van der Waals surface area contributed by atoms with Crippen molar-refractivity contribution in [1.82, 2.24) is 35.6 Å². The number of carbonyl (C=O) groups is 3. The fourth-order valence-electron chi connectivity index (χ4n) is 3.52.